The smallest absolute Gasteiger partial charge is 0.231 e. The molecule has 1 aromatic rings. The number of aryl methyl sites for hydroxylation is 1. The van der Waals surface area contributed by atoms with Crippen LogP contribution in [0, 0.1) is 5.92 Å². The van der Waals surface area contributed by atoms with Crippen LogP contribution in [0.2, 0.25) is 0 Å². The summed E-state index contributed by atoms with van der Waals surface area (Å²) in [5, 5.41) is 7.05. The van der Waals surface area contributed by atoms with Crippen molar-refractivity contribution in [3.8, 4) is 0 Å². The van der Waals surface area contributed by atoms with Crippen molar-refractivity contribution in [2.45, 2.75) is 72.9 Å². The fourth-order valence-corrected chi connectivity index (χ4v) is 3.75. The molecular weight excluding hydrogens is 362 g/mol. The molecule has 1 aliphatic heterocycles. The van der Waals surface area contributed by atoms with E-state index in [9.17, 15) is 0 Å². The van der Waals surface area contributed by atoms with Crippen molar-refractivity contribution in [3.63, 3.8) is 0 Å². The predicted molar refractivity (Wildman–Crippen MR) is 122 cm³/mol. The number of pyridine rings is 1. The van der Waals surface area contributed by atoms with Crippen LogP contribution in [-0.4, -0.2) is 37.4 Å². The number of aliphatic imine (C=N–C) groups is 1. The molecule has 2 heterocycles. The SMILES string of the molecule is CCc1cc(N(C)CC(C)C)ncc1C1NC(OC)=C(NC(CC)CC)N=C1C. The van der Waals surface area contributed by atoms with Crippen molar-refractivity contribution >= 4 is 11.5 Å². The zero-order chi connectivity index (χ0) is 21.6. The second-order valence-electron chi connectivity index (χ2n) is 8.24. The van der Waals surface area contributed by atoms with Crippen LogP contribution in [0.4, 0.5) is 5.82 Å². The lowest BCUT2D eigenvalue weighted by Gasteiger charge is -2.30. The van der Waals surface area contributed by atoms with Crippen molar-refractivity contribution in [3.05, 3.63) is 35.1 Å². The van der Waals surface area contributed by atoms with Crippen molar-refractivity contribution in [2.24, 2.45) is 10.9 Å². The minimum atomic E-state index is -0.0379. The Morgan fingerprint density at radius 3 is 2.48 bits per heavy atom. The zero-order valence-corrected chi connectivity index (χ0v) is 19.5. The number of nitrogens with zero attached hydrogens (tertiary/aromatic N) is 3. The van der Waals surface area contributed by atoms with Gasteiger partial charge in [-0.05, 0) is 43.7 Å². The van der Waals surface area contributed by atoms with Gasteiger partial charge in [-0.2, -0.15) is 0 Å². The van der Waals surface area contributed by atoms with Gasteiger partial charge in [0.15, 0.2) is 5.82 Å². The topological polar surface area (TPSA) is 61.8 Å². The number of nitrogens with one attached hydrogen (secondary N) is 2. The van der Waals surface area contributed by atoms with Gasteiger partial charge in [0.25, 0.3) is 0 Å². The Bertz CT molecular complexity index is 737. The molecular formula is C23H39N5O. The van der Waals surface area contributed by atoms with Crippen LogP contribution in [0.25, 0.3) is 0 Å². The van der Waals surface area contributed by atoms with E-state index in [0.717, 1.165) is 48.7 Å². The molecule has 0 aromatic carbocycles. The predicted octanol–water partition coefficient (Wildman–Crippen LogP) is 4.39. The summed E-state index contributed by atoms with van der Waals surface area (Å²) in [6.07, 6.45) is 5.03. The normalized spacial score (nSPS) is 16.8. The number of hydrogen-bond acceptors (Lipinski definition) is 6. The van der Waals surface area contributed by atoms with Gasteiger partial charge in [0, 0.05) is 37.1 Å². The van der Waals surface area contributed by atoms with E-state index in [0.29, 0.717) is 17.8 Å². The molecule has 0 radical (unpaired) electrons. The third-order valence-corrected chi connectivity index (χ3v) is 5.46. The van der Waals surface area contributed by atoms with Gasteiger partial charge in [-0.3, -0.25) is 0 Å². The molecule has 6 nitrogen and oxygen atoms in total. The average Bonchev–Trinajstić information content (AvgIpc) is 2.71. The van der Waals surface area contributed by atoms with Crippen molar-refractivity contribution in [1.29, 1.82) is 0 Å². The molecule has 1 atom stereocenters. The van der Waals surface area contributed by atoms with Gasteiger partial charge in [-0.15, -0.1) is 0 Å². The second-order valence-corrected chi connectivity index (χ2v) is 8.24. The number of aromatic nitrogens is 1. The highest BCUT2D eigenvalue weighted by atomic mass is 16.5. The molecule has 0 bridgehead atoms. The first-order valence-electron chi connectivity index (χ1n) is 10.9. The lowest BCUT2D eigenvalue weighted by atomic mass is 9.96. The van der Waals surface area contributed by atoms with Crippen molar-refractivity contribution < 1.29 is 4.74 Å². The van der Waals surface area contributed by atoms with Gasteiger partial charge in [0.05, 0.1) is 13.2 Å². The summed E-state index contributed by atoms with van der Waals surface area (Å²) in [5.74, 6) is 3.09. The van der Waals surface area contributed by atoms with Gasteiger partial charge in [0.2, 0.25) is 5.88 Å². The van der Waals surface area contributed by atoms with E-state index in [2.05, 4.69) is 70.2 Å². The molecule has 0 saturated carbocycles. The molecule has 0 spiro atoms. The Kier molecular flexibility index (Phi) is 8.35. The lowest BCUT2D eigenvalue weighted by molar-refractivity contribution is 0.243. The molecule has 6 heteroatoms. The first-order valence-corrected chi connectivity index (χ1v) is 10.9. The molecule has 2 rings (SSSR count). The first-order chi connectivity index (χ1) is 13.8. The van der Waals surface area contributed by atoms with Crippen LogP contribution in [0.15, 0.2) is 29.0 Å². The molecule has 2 N–H and O–H groups in total. The van der Waals surface area contributed by atoms with Crippen LogP contribution in [-0.2, 0) is 11.2 Å². The van der Waals surface area contributed by atoms with E-state index >= 15 is 0 Å². The number of anilines is 1. The molecule has 1 aliphatic rings. The standard InChI is InChI=1S/C23H39N5O/c1-9-17-12-20(28(7)14-15(4)5)24-13-19(17)21-16(6)25-22(23(27-21)29-8)26-18(10-2)11-3/h12-13,15,18,21,26-27H,9-11,14H2,1-8H3. The van der Waals surface area contributed by atoms with Crippen LogP contribution in [0.3, 0.4) is 0 Å². The summed E-state index contributed by atoms with van der Waals surface area (Å²) in [6.45, 7) is 14.1. The Balaban J connectivity index is 2.31. The quantitative estimate of drug-likeness (QED) is 0.609. The Morgan fingerprint density at radius 1 is 1.24 bits per heavy atom. The maximum absolute atomic E-state index is 5.64. The number of methoxy groups -OCH3 is 1. The molecule has 0 aliphatic carbocycles. The summed E-state index contributed by atoms with van der Waals surface area (Å²) in [6, 6.07) is 2.55. The van der Waals surface area contributed by atoms with Gasteiger partial charge < -0.3 is 20.3 Å². The number of ether oxygens (including phenoxy) is 1. The zero-order valence-electron chi connectivity index (χ0n) is 19.5. The monoisotopic (exact) mass is 401 g/mol. The summed E-state index contributed by atoms with van der Waals surface area (Å²) in [7, 11) is 3.79. The largest absolute Gasteiger partial charge is 0.480 e. The lowest BCUT2D eigenvalue weighted by Crippen LogP contribution is -2.38. The molecule has 0 fully saturated rings. The molecule has 0 saturated heterocycles. The van der Waals surface area contributed by atoms with Crippen LogP contribution in [0.5, 0.6) is 0 Å². The Labute approximate surface area is 176 Å². The third kappa shape index (κ3) is 5.64. The first kappa shape index (κ1) is 23.0. The highest BCUT2D eigenvalue weighted by Gasteiger charge is 2.27. The highest BCUT2D eigenvalue weighted by molar-refractivity contribution is 5.90. The summed E-state index contributed by atoms with van der Waals surface area (Å²) >= 11 is 0. The maximum Gasteiger partial charge on any atom is 0.231 e. The van der Waals surface area contributed by atoms with E-state index in [1.54, 1.807) is 7.11 Å². The summed E-state index contributed by atoms with van der Waals surface area (Å²) in [4.78, 5) is 11.8. The second kappa shape index (κ2) is 10.5. The van der Waals surface area contributed by atoms with Crippen LogP contribution >= 0.6 is 0 Å². The summed E-state index contributed by atoms with van der Waals surface area (Å²) < 4.78 is 5.64. The van der Waals surface area contributed by atoms with E-state index in [1.807, 2.05) is 6.20 Å². The average molecular weight is 402 g/mol. The Hall–Kier alpha value is -2.24. The summed E-state index contributed by atoms with van der Waals surface area (Å²) in [5.41, 5.74) is 3.45. The fourth-order valence-electron chi connectivity index (χ4n) is 3.75. The minimum absolute atomic E-state index is 0.0379. The van der Waals surface area contributed by atoms with E-state index in [-0.39, 0.29) is 6.04 Å². The van der Waals surface area contributed by atoms with Gasteiger partial charge >= 0.3 is 0 Å². The van der Waals surface area contributed by atoms with Crippen LogP contribution < -0.4 is 15.5 Å². The fraction of sp³-hybridized carbons (Fsp3) is 0.652. The third-order valence-electron chi connectivity index (χ3n) is 5.46. The Morgan fingerprint density at radius 2 is 1.93 bits per heavy atom. The minimum Gasteiger partial charge on any atom is -0.480 e. The molecule has 1 unspecified atom stereocenters. The van der Waals surface area contributed by atoms with Crippen LogP contribution in [0.1, 0.15) is 71.6 Å². The van der Waals surface area contributed by atoms with E-state index < -0.39 is 0 Å². The molecule has 29 heavy (non-hydrogen) atoms. The highest BCUT2D eigenvalue weighted by Crippen LogP contribution is 2.28. The van der Waals surface area contributed by atoms with Gasteiger partial charge in [0.1, 0.15) is 5.82 Å². The molecule has 162 valence electrons. The molecule has 1 aromatic heterocycles. The van der Waals surface area contributed by atoms with E-state index in [1.165, 1.54) is 5.56 Å². The van der Waals surface area contributed by atoms with Gasteiger partial charge in [-0.25, -0.2) is 9.98 Å². The number of rotatable bonds is 10. The number of hydrogen-bond donors (Lipinski definition) is 2. The van der Waals surface area contributed by atoms with Crippen molar-refractivity contribution in [2.75, 3.05) is 25.6 Å². The maximum atomic E-state index is 5.64. The van der Waals surface area contributed by atoms with E-state index in [4.69, 9.17) is 14.7 Å². The van der Waals surface area contributed by atoms with Crippen molar-refractivity contribution in [1.82, 2.24) is 15.6 Å². The molecule has 0 amide bonds. The van der Waals surface area contributed by atoms with Gasteiger partial charge in [-0.1, -0.05) is 34.6 Å².